The zero-order chi connectivity index (χ0) is 23.4. The molecule has 8 nitrogen and oxygen atoms in total. The number of carbonyl (C=O) groups is 1. The van der Waals surface area contributed by atoms with E-state index in [4.69, 9.17) is 9.26 Å². The summed E-state index contributed by atoms with van der Waals surface area (Å²) >= 11 is 0. The fraction of sp³-hybridized carbons (Fsp3) is 0.375. The van der Waals surface area contributed by atoms with Crippen LogP contribution in [0.4, 0.5) is 0 Å². The summed E-state index contributed by atoms with van der Waals surface area (Å²) in [7, 11) is -3.55. The average molecular weight is 470 g/mol. The topological polar surface area (TPSA) is 103 Å². The van der Waals surface area contributed by atoms with Crippen molar-refractivity contribution in [1.82, 2.24) is 14.4 Å². The van der Waals surface area contributed by atoms with Gasteiger partial charge in [0.25, 0.3) is 5.89 Å². The van der Waals surface area contributed by atoms with E-state index < -0.39 is 10.0 Å². The first-order valence-corrected chi connectivity index (χ1v) is 12.4. The number of piperidine rings is 1. The molecule has 0 amide bonds. The Morgan fingerprint density at radius 2 is 1.76 bits per heavy atom. The van der Waals surface area contributed by atoms with Crippen LogP contribution in [0.5, 0.6) is 0 Å². The molecule has 3 aromatic rings. The largest absolute Gasteiger partial charge is 0.455 e. The molecule has 0 bridgehead atoms. The zero-order valence-corrected chi connectivity index (χ0v) is 19.5. The van der Waals surface area contributed by atoms with E-state index in [2.05, 4.69) is 24.0 Å². The Balaban J connectivity index is 1.29. The molecule has 0 aliphatic carbocycles. The van der Waals surface area contributed by atoms with Gasteiger partial charge in [-0.3, -0.25) is 4.79 Å². The SMILES string of the molecule is CC(C)c1ccc(-c2noc(COC(=O)C3CCN(S(=O)(=O)c4ccccc4)CC3)n2)cc1. The number of hydrogen-bond acceptors (Lipinski definition) is 7. The van der Waals surface area contributed by atoms with Crippen LogP contribution in [-0.2, 0) is 26.2 Å². The van der Waals surface area contributed by atoms with E-state index in [0.29, 0.717) is 24.6 Å². The monoisotopic (exact) mass is 469 g/mol. The molecule has 2 aromatic carbocycles. The van der Waals surface area contributed by atoms with Crippen LogP contribution >= 0.6 is 0 Å². The number of hydrogen-bond donors (Lipinski definition) is 0. The van der Waals surface area contributed by atoms with Crippen LogP contribution < -0.4 is 0 Å². The molecule has 0 saturated carbocycles. The minimum Gasteiger partial charge on any atom is -0.455 e. The third-order valence-corrected chi connectivity index (χ3v) is 7.72. The number of rotatable bonds is 7. The second kappa shape index (κ2) is 9.84. The molecule has 0 spiro atoms. The Morgan fingerprint density at radius 3 is 2.39 bits per heavy atom. The second-order valence-electron chi connectivity index (χ2n) is 8.39. The van der Waals surface area contributed by atoms with E-state index in [9.17, 15) is 13.2 Å². The molecule has 4 rings (SSSR count). The molecular weight excluding hydrogens is 442 g/mol. The van der Waals surface area contributed by atoms with Gasteiger partial charge in [-0.2, -0.15) is 9.29 Å². The zero-order valence-electron chi connectivity index (χ0n) is 18.7. The van der Waals surface area contributed by atoms with Crippen molar-refractivity contribution in [1.29, 1.82) is 0 Å². The maximum Gasteiger partial charge on any atom is 0.309 e. The molecule has 1 aliphatic rings. The van der Waals surface area contributed by atoms with Crippen molar-refractivity contribution in [2.75, 3.05) is 13.1 Å². The number of aromatic nitrogens is 2. The summed E-state index contributed by atoms with van der Waals surface area (Å²) in [5.74, 6) is 0.349. The van der Waals surface area contributed by atoms with Crippen LogP contribution in [0, 0.1) is 5.92 Å². The van der Waals surface area contributed by atoms with E-state index in [1.54, 1.807) is 30.3 Å². The van der Waals surface area contributed by atoms with Crippen LogP contribution in [0.3, 0.4) is 0 Å². The summed E-state index contributed by atoms with van der Waals surface area (Å²) in [4.78, 5) is 17.1. The lowest BCUT2D eigenvalue weighted by Crippen LogP contribution is -2.40. The van der Waals surface area contributed by atoms with E-state index in [1.165, 1.54) is 9.87 Å². The van der Waals surface area contributed by atoms with Crippen molar-refractivity contribution >= 4 is 16.0 Å². The van der Waals surface area contributed by atoms with Gasteiger partial charge in [-0.25, -0.2) is 8.42 Å². The van der Waals surface area contributed by atoms with Gasteiger partial charge in [-0.1, -0.05) is 61.5 Å². The first kappa shape index (κ1) is 23.1. The molecule has 1 aromatic heterocycles. The van der Waals surface area contributed by atoms with Crippen molar-refractivity contribution < 1.29 is 22.5 Å². The van der Waals surface area contributed by atoms with Gasteiger partial charge < -0.3 is 9.26 Å². The van der Waals surface area contributed by atoms with Crippen LogP contribution in [0.2, 0.25) is 0 Å². The van der Waals surface area contributed by atoms with Gasteiger partial charge in [0.15, 0.2) is 6.61 Å². The normalized spacial score (nSPS) is 15.6. The molecule has 33 heavy (non-hydrogen) atoms. The maximum atomic E-state index is 12.7. The summed E-state index contributed by atoms with van der Waals surface area (Å²) in [6.07, 6.45) is 0.810. The predicted molar refractivity (Wildman–Crippen MR) is 122 cm³/mol. The Morgan fingerprint density at radius 1 is 1.09 bits per heavy atom. The van der Waals surface area contributed by atoms with Crippen molar-refractivity contribution in [3.05, 3.63) is 66.1 Å². The molecule has 1 aliphatic heterocycles. The van der Waals surface area contributed by atoms with Crippen LogP contribution in [0.1, 0.15) is 44.1 Å². The van der Waals surface area contributed by atoms with Crippen molar-refractivity contribution in [2.45, 2.75) is 44.1 Å². The fourth-order valence-corrected chi connectivity index (χ4v) is 5.26. The lowest BCUT2D eigenvalue weighted by atomic mass is 9.98. The smallest absolute Gasteiger partial charge is 0.309 e. The van der Waals surface area contributed by atoms with Gasteiger partial charge in [0.05, 0.1) is 10.8 Å². The number of carbonyl (C=O) groups excluding carboxylic acids is 1. The third kappa shape index (κ3) is 5.31. The highest BCUT2D eigenvalue weighted by molar-refractivity contribution is 7.89. The number of ether oxygens (including phenoxy) is 1. The minimum atomic E-state index is -3.55. The van der Waals surface area contributed by atoms with Crippen LogP contribution in [0.15, 0.2) is 64.0 Å². The summed E-state index contributed by atoms with van der Waals surface area (Å²) in [5.41, 5.74) is 2.05. The molecule has 174 valence electrons. The standard InChI is InChI=1S/C24H27N3O5S/c1-17(2)18-8-10-19(11-9-18)23-25-22(32-26-23)16-31-24(28)20-12-14-27(15-13-20)33(29,30)21-6-4-3-5-7-21/h3-11,17,20H,12-16H2,1-2H3. The van der Waals surface area contributed by atoms with Gasteiger partial charge in [0, 0.05) is 18.7 Å². The van der Waals surface area contributed by atoms with Gasteiger partial charge in [0.2, 0.25) is 15.8 Å². The molecule has 9 heteroatoms. The average Bonchev–Trinajstić information content (AvgIpc) is 3.32. The second-order valence-corrected chi connectivity index (χ2v) is 10.3. The molecule has 0 N–H and O–H groups in total. The van der Waals surface area contributed by atoms with Crippen molar-refractivity contribution in [3.8, 4) is 11.4 Å². The van der Waals surface area contributed by atoms with Gasteiger partial charge in [0.1, 0.15) is 0 Å². The molecular formula is C24H27N3O5S. The van der Waals surface area contributed by atoms with Crippen molar-refractivity contribution in [3.63, 3.8) is 0 Å². The first-order chi connectivity index (χ1) is 15.8. The molecule has 0 radical (unpaired) electrons. The van der Waals surface area contributed by atoms with Crippen LogP contribution in [-0.4, -0.2) is 41.9 Å². The lowest BCUT2D eigenvalue weighted by molar-refractivity contribution is -0.152. The highest BCUT2D eigenvalue weighted by Crippen LogP contribution is 2.25. The highest BCUT2D eigenvalue weighted by Gasteiger charge is 2.32. The highest BCUT2D eigenvalue weighted by atomic mass is 32.2. The number of sulfonamides is 1. The minimum absolute atomic E-state index is 0.113. The molecule has 1 fully saturated rings. The summed E-state index contributed by atoms with van der Waals surface area (Å²) in [6, 6.07) is 16.2. The Kier molecular flexibility index (Phi) is 6.90. The van der Waals surface area contributed by atoms with E-state index in [1.807, 2.05) is 24.3 Å². The quantitative estimate of drug-likeness (QED) is 0.482. The van der Waals surface area contributed by atoms with Gasteiger partial charge in [-0.05, 0) is 36.5 Å². The van der Waals surface area contributed by atoms with Crippen molar-refractivity contribution in [2.24, 2.45) is 5.92 Å². The van der Waals surface area contributed by atoms with Crippen LogP contribution in [0.25, 0.3) is 11.4 Å². The molecule has 0 unspecified atom stereocenters. The van der Waals surface area contributed by atoms with E-state index in [0.717, 1.165) is 5.56 Å². The maximum absolute atomic E-state index is 12.7. The summed E-state index contributed by atoms with van der Waals surface area (Å²) in [6.45, 7) is 4.68. The van der Waals surface area contributed by atoms with Gasteiger partial charge >= 0.3 is 5.97 Å². The summed E-state index contributed by atoms with van der Waals surface area (Å²) < 4.78 is 37.5. The fourth-order valence-electron chi connectivity index (χ4n) is 3.77. The predicted octanol–water partition coefficient (Wildman–Crippen LogP) is 4.00. The van der Waals surface area contributed by atoms with E-state index >= 15 is 0 Å². The third-order valence-electron chi connectivity index (χ3n) is 5.81. The number of nitrogens with zero attached hydrogens (tertiary/aromatic N) is 3. The number of benzene rings is 2. The molecule has 0 atom stereocenters. The summed E-state index contributed by atoms with van der Waals surface area (Å²) in [5, 5.41) is 3.97. The Hall–Kier alpha value is -3.04. The number of esters is 1. The van der Waals surface area contributed by atoms with E-state index in [-0.39, 0.29) is 42.4 Å². The molecule has 1 saturated heterocycles. The Bertz CT molecular complexity index is 1180. The lowest BCUT2D eigenvalue weighted by Gasteiger charge is -2.30. The molecule has 2 heterocycles. The Labute approximate surface area is 193 Å². The first-order valence-electron chi connectivity index (χ1n) is 11.0. The van der Waals surface area contributed by atoms with Gasteiger partial charge in [-0.15, -0.1) is 0 Å².